The summed E-state index contributed by atoms with van der Waals surface area (Å²) in [6.45, 7) is 4.14. The van der Waals surface area contributed by atoms with Gasteiger partial charge >= 0.3 is 0 Å². The Morgan fingerprint density at radius 3 is 2.19 bits per heavy atom. The SMILES string of the molecule is CCCS(=O)(=O)C(C)C(=O)Nc1ccc(S(=O)(=O)N2CCCCC2)cc1. The summed E-state index contributed by atoms with van der Waals surface area (Å²) in [5, 5.41) is 1.38. The predicted molar refractivity (Wildman–Crippen MR) is 101 cm³/mol. The molecule has 1 aliphatic rings. The fourth-order valence-electron chi connectivity index (χ4n) is 2.83. The first-order valence-corrected chi connectivity index (χ1v) is 12.0. The number of hydrogen-bond donors (Lipinski definition) is 1. The maximum Gasteiger partial charge on any atom is 0.243 e. The van der Waals surface area contributed by atoms with Crippen molar-refractivity contribution in [2.75, 3.05) is 24.2 Å². The zero-order valence-electron chi connectivity index (χ0n) is 15.1. The summed E-state index contributed by atoms with van der Waals surface area (Å²) in [6, 6.07) is 5.83. The molecule has 0 spiro atoms. The molecule has 1 aromatic rings. The summed E-state index contributed by atoms with van der Waals surface area (Å²) >= 11 is 0. The molecule has 26 heavy (non-hydrogen) atoms. The quantitative estimate of drug-likeness (QED) is 0.752. The van der Waals surface area contributed by atoms with Gasteiger partial charge in [-0.3, -0.25) is 4.79 Å². The van der Waals surface area contributed by atoms with E-state index >= 15 is 0 Å². The second-order valence-corrected chi connectivity index (χ2v) is 10.9. The van der Waals surface area contributed by atoms with Gasteiger partial charge in [0.05, 0.1) is 10.6 Å². The van der Waals surface area contributed by atoms with Gasteiger partial charge in [-0.05, 0) is 50.5 Å². The van der Waals surface area contributed by atoms with Crippen LogP contribution in [0.3, 0.4) is 0 Å². The molecule has 0 radical (unpaired) electrons. The Morgan fingerprint density at radius 2 is 1.65 bits per heavy atom. The molecule has 1 saturated heterocycles. The van der Waals surface area contributed by atoms with Crippen LogP contribution in [0.25, 0.3) is 0 Å². The third-order valence-electron chi connectivity index (χ3n) is 4.47. The van der Waals surface area contributed by atoms with Crippen LogP contribution in [-0.2, 0) is 24.7 Å². The van der Waals surface area contributed by atoms with Gasteiger partial charge in [0.25, 0.3) is 0 Å². The molecule has 1 fully saturated rings. The van der Waals surface area contributed by atoms with Crippen molar-refractivity contribution in [1.82, 2.24) is 4.31 Å². The zero-order chi connectivity index (χ0) is 19.4. The first-order chi connectivity index (χ1) is 12.2. The highest BCUT2D eigenvalue weighted by Gasteiger charge is 2.28. The minimum atomic E-state index is -3.53. The molecule has 0 aliphatic carbocycles. The standard InChI is InChI=1S/C17H26N2O5S2/c1-3-13-25(21,22)14(2)17(20)18-15-7-9-16(10-8-15)26(23,24)19-11-5-4-6-12-19/h7-10,14H,3-6,11-13H2,1-2H3,(H,18,20). The molecule has 1 aliphatic heterocycles. The summed E-state index contributed by atoms with van der Waals surface area (Å²) in [5.41, 5.74) is 0.367. The normalized spacial score (nSPS) is 17.6. The molecule has 0 bridgehead atoms. The van der Waals surface area contributed by atoms with Crippen molar-refractivity contribution in [3.63, 3.8) is 0 Å². The van der Waals surface area contributed by atoms with Gasteiger partial charge in [0.1, 0.15) is 5.25 Å². The fourth-order valence-corrected chi connectivity index (χ4v) is 5.66. The molecule has 1 heterocycles. The number of carbonyl (C=O) groups excluding carboxylic acids is 1. The molecule has 9 heteroatoms. The lowest BCUT2D eigenvalue weighted by Crippen LogP contribution is -2.35. The maximum absolute atomic E-state index is 12.6. The summed E-state index contributed by atoms with van der Waals surface area (Å²) in [4.78, 5) is 12.3. The first kappa shape index (κ1) is 20.9. The zero-order valence-corrected chi connectivity index (χ0v) is 16.8. The van der Waals surface area contributed by atoms with Crippen LogP contribution in [0.15, 0.2) is 29.2 Å². The van der Waals surface area contributed by atoms with Gasteiger partial charge in [-0.2, -0.15) is 4.31 Å². The smallest absolute Gasteiger partial charge is 0.243 e. The van der Waals surface area contributed by atoms with E-state index < -0.39 is 31.0 Å². The van der Waals surface area contributed by atoms with Gasteiger partial charge in [-0.15, -0.1) is 0 Å². The van der Waals surface area contributed by atoms with Crippen LogP contribution in [0, 0.1) is 0 Å². The van der Waals surface area contributed by atoms with Crippen LogP contribution in [0.2, 0.25) is 0 Å². The summed E-state index contributed by atoms with van der Waals surface area (Å²) < 4.78 is 50.6. The Hall–Kier alpha value is -1.45. The van der Waals surface area contributed by atoms with Crippen molar-refractivity contribution in [3.8, 4) is 0 Å². The Bertz CT molecular complexity index is 826. The van der Waals surface area contributed by atoms with Crippen molar-refractivity contribution in [2.24, 2.45) is 0 Å². The topological polar surface area (TPSA) is 101 Å². The van der Waals surface area contributed by atoms with Crippen LogP contribution >= 0.6 is 0 Å². The number of anilines is 1. The lowest BCUT2D eigenvalue weighted by Gasteiger charge is -2.25. The number of nitrogens with one attached hydrogen (secondary N) is 1. The van der Waals surface area contributed by atoms with E-state index in [0.29, 0.717) is 25.2 Å². The van der Waals surface area contributed by atoms with E-state index in [1.54, 1.807) is 6.92 Å². The highest BCUT2D eigenvalue weighted by molar-refractivity contribution is 7.92. The van der Waals surface area contributed by atoms with Gasteiger partial charge < -0.3 is 5.32 Å². The second-order valence-electron chi connectivity index (χ2n) is 6.49. The Balaban J connectivity index is 2.08. The number of amides is 1. The first-order valence-electron chi connectivity index (χ1n) is 8.81. The molecule has 0 aromatic heterocycles. The van der Waals surface area contributed by atoms with Crippen molar-refractivity contribution < 1.29 is 21.6 Å². The largest absolute Gasteiger partial charge is 0.325 e. The van der Waals surface area contributed by atoms with Crippen LogP contribution in [0.4, 0.5) is 5.69 Å². The Morgan fingerprint density at radius 1 is 1.08 bits per heavy atom. The number of hydrogen-bond acceptors (Lipinski definition) is 5. The Kier molecular flexibility index (Phi) is 6.81. The van der Waals surface area contributed by atoms with Crippen LogP contribution < -0.4 is 5.32 Å². The van der Waals surface area contributed by atoms with Crippen LogP contribution in [0.5, 0.6) is 0 Å². The maximum atomic E-state index is 12.6. The van der Waals surface area contributed by atoms with E-state index in [-0.39, 0.29) is 10.6 Å². The van der Waals surface area contributed by atoms with Gasteiger partial charge in [0.2, 0.25) is 15.9 Å². The van der Waals surface area contributed by atoms with Crippen molar-refractivity contribution >= 4 is 31.5 Å². The fraction of sp³-hybridized carbons (Fsp3) is 0.588. The van der Waals surface area contributed by atoms with E-state index in [0.717, 1.165) is 19.3 Å². The molecular formula is C17H26N2O5S2. The lowest BCUT2D eigenvalue weighted by molar-refractivity contribution is -0.115. The van der Waals surface area contributed by atoms with Crippen LogP contribution in [-0.4, -0.2) is 51.1 Å². The average Bonchev–Trinajstić information content (AvgIpc) is 2.62. The third kappa shape index (κ3) is 4.83. The van der Waals surface area contributed by atoms with E-state index in [9.17, 15) is 21.6 Å². The van der Waals surface area contributed by atoms with Crippen molar-refractivity contribution in [2.45, 2.75) is 49.7 Å². The van der Waals surface area contributed by atoms with Crippen molar-refractivity contribution in [3.05, 3.63) is 24.3 Å². The molecule has 1 amide bonds. The molecule has 2 rings (SSSR count). The molecule has 1 atom stereocenters. The minimum Gasteiger partial charge on any atom is -0.325 e. The number of carbonyl (C=O) groups is 1. The van der Waals surface area contributed by atoms with Gasteiger partial charge in [-0.25, -0.2) is 16.8 Å². The number of sulfonamides is 1. The summed E-state index contributed by atoms with van der Waals surface area (Å²) in [6.07, 6.45) is 3.20. The third-order valence-corrected chi connectivity index (χ3v) is 8.65. The molecular weight excluding hydrogens is 376 g/mol. The minimum absolute atomic E-state index is 0.0470. The summed E-state index contributed by atoms with van der Waals surface area (Å²) in [7, 11) is -7.02. The number of benzene rings is 1. The van der Waals surface area contributed by atoms with Crippen molar-refractivity contribution in [1.29, 1.82) is 0 Å². The molecule has 1 N–H and O–H groups in total. The molecule has 1 aromatic carbocycles. The van der Waals surface area contributed by atoms with E-state index in [1.807, 2.05) is 0 Å². The molecule has 7 nitrogen and oxygen atoms in total. The number of rotatable bonds is 7. The van der Waals surface area contributed by atoms with Gasteiger partial charge in [-0.1, -0.05) is 13.3 Å². The Labute approximate surface area is 155 Å². The highest BCUT2D eigenvalue weighted by atomic mass is 32.2. The van der Waals surface area contributed by atoms with Gasteiger partial charge in [0, 0.05) is 18.8 Å². The number of sulfone groups is 1. The molecule has 146 valence electrons. The van der Waals surface area contributed by atoms with E-state index in [2.05, 4.69) is 5.32 Å². The summed E-state index contributed by atoms with van der Waals surface area (Å²) in [5.74, 6) is -0.667. The monoisotopic (exact) mass is 402 g/mol. The van der Waals surface area contributed by atoms with Gasteiger partial charge in [0.15, 0.2) is 9.84 Å². The predicted octanol–water partition coefficient (Wildman–Crippen LogP) is 2.01. The van der Waals surface area contributed by atoms with E-state index in [1.165, 1.54) is 35.5 Å². The number of piperidine rings is 1. The lowest BCUT2D eigenvalue weighted by atomic mass is 10.2. The molecule has 0 saturated carbocycles. The molecule has 1 unspecified atom stereocenters. The average molecular weight is 403 g/mol. The highest BCUT2D eigenvalue weighted by Crippen LogP contribution is 2.22. The van der Waals surface area contributed by atoms with E-state index in [4.69, 9.17) is 0 Å². The van der Waals surface area contributed by atoms with Crippen LogP contribution in [0.1, 0.15) is 39.5 Å². The second kappa shape index (κ2) is 8.49. The number of nitrogens with zero attached hydrogens (tertiary/aromatic N) is 1.